The number of thioether (sulfide) groups is 1. The molecule has 0 saturated carbocycles. The first-order valence-electron chi connectivity index (χ1n) is 7.82. The summed E-state index contributed by atoms with van der Waals surface area (Å²) in [5, 5.41) is 3.27. The highest BCUT2D eigenvalue weighted by atomic mass is 35.5. The third-order valence-corrected chi connectivity index (χ3v) is 5.81. The highest BCUT2D eigenvalue weighted by molar-refractivity contribution is 7.99. The molecule has 2 aliphatic heterocycles. The lowest BCUT2D eigenvalue weighted by molar-refractivity contribution is -0.139. The molecule has 1 amide bonds. The molecule has 3 rings (SSSR count). The molecule has 122 valence electrons. The predicted octanol–water partition coefficient (Wildman–Crippen LogP) is 2.89. The summed E-state index contributed by atoms with van der Waals surface area (Å²) >= 11 is 1.96. The van der Waals surface area contributed by atoms with Crippen molar-refractivity contribution < 1.29 is 4.79 Å². The summed E-state index contributed by atoms with van der Waals surface area (Å²) < 4.78 is 0. The van der Waals surface area contributed by atoms with Gasteiger partial charge in [0.2, 0.25) is 5.91 Å². The standard InChI is InChI=1S/C17H24N2OS.ClH/c1-12-3-5-14(6-4-12)16-11-21-8-7-19(16)17(20)13(2)15-9-18-10-15;/h3-6,13,15-16,18H,7-11H2,1-2H3;1H. The second kappa shape index (κ2) is 7.71. The molecule has 0 bridgehead atoms. The predicted molar refractivity (Wildman–Crippen MR) is 95.7 cm³/mol. The molecule has 2 aliphatic rings. The summed E-state index contributed by atoms with van der Waals surface area (Å²) in [7, 11) is 0. The van der Waals surface area contributed by atoms with E-state index in [0.29, 0.717) is 11.8 Å². The molecule has 1 aromatic carbocycles. The smallest absolute Gasteiger partial charge is 0.226 e. The largest absolute Gasteiger partial charge is 0.334 e. The minimum Gasteiger partial charge on any atom is -0.334 e. The lowest BCUT2D eigenvalue weighted by Gasteiger charge is -2.40. The summed E-state index contributed by atoms with van der Waals surface area (Å²) in [5.74, 6) is 3.08. The molecular formula is C17H25ClN2OS. The van der Waals surface area contributed by atoms with Gasteiger partial charge >= 0.3 is 0 Å². The van der Waals surface area contributed by atoms with Crippen molar-refractivity contribution in [2.45, 2.75) is 19.9 Å². The number of aryl methyl sites for hydroxylation is 1. The van der Waals surface area contributed by atoms with E-state index in [4.69, 9.17) is 0 Å². The van der Waals surface area contributed by atoms with Crippen molar-refractivity contribution in [3.63, 3.8) is 0 Å². The van der Waals surface area contributed by atoms with Gasteiger partial charge in [0.1, 0.15) is 0 Å². The van der Waals surface area contributed by atoms with Crippen LogP contribution >= 0.6 is 24.2 Å². The number of halogens is 1. The third kappa shape index (κ3) is 3.61. The van der Waals surface area contributed by atoms with E-state index < -0.39 is 0 Å². The maximum Gasteiger partial charge on any atom is 0.226 e. The molecule has 2 fully saturated rings. The molecule has 0 spiro atoms. The molecule has 2 unspecified atom stereocenters. The van der Waals surface area contributed by atoms with Crippen molar-refractivity contribution in [1.82, 2.24) is 10.2 Å². The zero-order valence-corrected chi connectivity index (χ0v) is 14.9. The summed E-state index contributed by atoms with van der Waals surface area (Å²) in [4.78, 5) is 15.0. The van der Waals surface area contributed by atoms with Crippen LogP contribution in [0.25, 0.3) is 0 Å². The molecule has 0 radical (unpaired) electrons. The SMILES string of the molecule is Cc1ccc(C2CSCCN2C(=O)C(C)C2CNC2)cc1.Cl. The second-order valence-electron chi connectivity index (χ2n) is 6.24. The number of nitrogens with one attached hydrogen (secondary N) is 1. The first kappa shape index (κ1) is 17.6. The van der Waals surface area contributed by atoms with Crippen LogP contribution in [0.1, 0.15) is 24.1 Å². The normalized spacial score (nSPS) is 23.4. The van der Waals surface area contributed by atoms with Gasteiger partial charge in [0.05, 0.1) is 6.04 Å². The zero-order valence-electron chi connectivity index (χ0n) is 13.2. The Hall–Kier alpha value is -0.710. The van der Waals surface area contributed by atoms with E-state index in [0.717, 1.165) is 31.1 Å². The molecular weight excluding hydrogens is 316 g/mol. The van der Waals surface area contributed by atoms with Crippen molar-refractivity contribution in [3.05, 3.63) is 35.4 Å². The average molecular weight is 341 g/mol. The Balaban J connectivity index is 0.00000176. The van der Waals surface area contributed by atoms with Crippen molar-refractivity contribution >= 4 is 30.1 Å². The number of hydrogen-bond acceptors (Lipinski definition) is 3. The van der Waals surface area contributed by atoms with Gasteiger partial charge in [-0.2, -0.15) is 11.8 Å². The van der Waals surface area contributed by atoms with Crippen LogP contribution in [0.15, 0.2) is 24.3 Å². The third-order valence-electron chi connectivity index (χ3n) is 4.78. The molecule has 2 saturated heterocycles. The maximum atomic E-state index is 12.9. The monoisotopic (exact) mass is 340 g/mol. The van der Waals surface area contributed by atoms with E-state index in [-0.39, 0.29) is 24.4 Å². The Morgan fingerprint density at radius 2 is 2.00 bits per heavy atom. The number of amides is 1. The van der Waals surface area contributed by atoms with Crippen molar-refractivity contribution in [3.8, 4) is 0 Å². The molecule has 22 heavy (non-hydrogen) atoms. The summed E-state index contributed by atoms with van der Waals surface area (Å²) in [6.07, 6.45) is 0. The van der Waals surface area contributed by atoms with E-state index >= 15 is 0 Å². The summed E-state index contributed by atoms with van der Waals surface area (Å²) in [6.45, 7) is 7.07. The topological polar surface area (TPSA) is 32.3 Å². The fourth-order valence-electron chi connectivity index (χ4n) is 3.06. The lowest BCUT2D eigenvalue weighted by atomic mass is 9.87. The summed E-state index contributed by atoms with van der Waals surface area (Å²) in [6, 6.07) is 8.91. The molecule has 1 aromatic rings. The highest BCUT2D eigenvalue weighted by Crippen LogP contribution is 2.32. The van der Waals surface area contributed by atoms with Crippen LogP contribution in [-0.4, -0.2) is 41.9 Å². The van der Waals surface area contributed by atoms with Gasteiger partial charge in [-0.05, 0) is 31.5 Å². The van der Waals surface area contributed by atoms with Crippen molar-refractivity contribution in [2.24, 2.45) is 11.8 Å². The van der Waals surface area contributed by atoms with Crippen molar-refractivity contribution in [2.75, 3.05) is 31.1 Å². The maximum absolute atomic E-state index is 12.9. The quantitative estimate of drug-likeness (QED) is 0.918. The molecule has 1 N–H and O–H groups in total. The summed E-state index contributed by atoms with van der Waals surface area (Å²) in [5.41, 5.74) is 2.55. The van der Waals surface area contributed by atoms with E-state index in [9.17, 15) is 4.79 Å². The second-order valence-corrected chi connectivity index (χ2v) is 7.39. The van der Waals surface area contributed by atoms with Gasteiger partial charge in [-0.3, -0.25) is 4.79 Å². The number of hydrogen-bond donors (Lipinski definition) is 1. The zero-order chi connectivity index (χ0) is 14.8. The van der Waals surface area contributed by atoms with Crippen LogP contribution < -0.4 is 5.32 Å². The first-order chi connectivity index (χ1) is 10.2. The Kier molecular flexibility index (Phi) is 6.18. The fourth-order valence-corrected chi connectivity index (χ4v) is 4.15. The minimum atomic E-state index is 0. The molecule has 0 aromatic heterocycles. The fraction of sp³-hybridized carbons (Fsp3) is 0.588. The van der Waals surface area contributed by atoms with E-state index in [2.05, 4.69) is 48.3 Å². The van der Waals surface area contributed by atoms with Crippen LogP contribution in [0, 0.1) is 18.8 Å². The van der Waals surface area contributed by atoms with Gasteiger partial charge in [0.25, 0.3) is 0 Å². The van der Waals surface area contributed by atoms with E-state index in [1.807, 2.05) is 11.8 Å². The van der Waals surface area contributed by atoms with Gasteiger partial charge in [-0.1, -0.05) is 36.8 Å². The Bertz CT molecular complexity index is 504. The highest BCUT2D eigenvalue weighted by Gasteiger charge is 2.35. The minimum absolute atomic E-state index is 0. The molecule has 3 nitrogen and oxygen atoms in total. The number of benzene rings is 1. The number of carbonyl (C=O) groups is 1. The van der Waals surface area contributed by atoms with Gasteiger partial charge in [0, 0.05) is 24.0 Å². The van der Waals surface area contributed by atoms with Crippen molar-refractivity contribution in [1.29, 1.82) is 0 Å². The van der Waals surface area contributed by atoms with Crippen LogP contribution in [0.5, 0.6) is 0 Å². The molecule has 0 aliphatic carbocycles. The van der Waals surface area contributed by atoms with Gasteiger partial charge in [-0.25, -0.2) is 0 Å². The molecule has 5 heteroatoms. The van der Waals surface area contributed by atoms with Crippen LogP contribution in [0.4, 0.5) is 0 Å². The number of nitrogens with zero attached hydrogens (tertiary/aromatic N) is 1. The van der Waals surface area contributed by atoms with Crippen LogP contribution in [0.3, 0.4) is 0 Å². The van der Waals surface area contributed by atoms with Gasteiger partial charge < -0.3 is 10.2 Å². The Morgan fingerprint density at radius 1 is 1.32 bits per heavy atom. The first-order valence-corrected chi connectivity index (χ1v) is 8.98. The Labute approximate surface area is 143 Å². The molecule has 2 atom stereocenters. The van der Waals surface area contributed by atoms with Gasteiger partial charge in [0.15, 0.2) is 0 Å². The lowest BCUT2D eigenvalue weighted by Crippen LogP contribution is -2.52. The number of rotatable bonds is 3. The van der Waals surface area contributed by atoms with Crippen LogP contribution in [0.2, 0.25) is 0 Å². The van der Waals surface area contributed by atoms with E-state index in [1.54, 1.807) is 0 Å². The average Bonchev–Trinajstić information content (AvgIpc) is 2.45. The number of carbonyl (C=O) groups excluding carboxylic acids is 1. The Morgan fingerprint density at radius 3 is 2.59 bits per heavy atom. The van der Waals surface area contributed by atoms with Crippen LogP contribution in [-0.2, 0) is 4.79 Å². The van der Waals surface area contributed by atoms with Gasteiger partial charge in [-0.15, -0.1) is 12.4 Å². The van der Waals surface area contributed by atoms with E-state index in [1.165, 1.54) is 11.1 Å². The molecule has 2 heterocycles.